The van der Waals surface area contributed by atoms with Gasteiger partial charge in [0.25, 0.3) is 0 Å². The molecule has 2 aliphatic rings. The predicted molar refractivity (Wildman–Crippen MR) is 91.2 cm³/mol. The third kappa shape index (κ3) is 1.87. The molecule has 4 rings (SSSR count). The van der Waals surface area contributed by atoms with Gasteiger partial charge in [-0.3, -0.25) is 0 Å². The number of aryl methyl sites for hydroxylation is 1. The molecule has 0 saturated carbocycles. The van der Waals surface area contributed by atoms with E-state index in [9.17, 15) is 0 Å². The normalized spacial score (nSPS) is 18.8. The van der Waals surface area contributed by atoms with Crippen LogP contribution >= 0.6 is 15.9 Å². The van der Waals surface area contributed by atoms with Gasteiger partial charge in [-0.05, 0) is 42.3 Å². The standard InChI is InChI=1S/C18H15BrN2O/c1-9-2-5-15-13(6-9)16-12-8-11(19)4-3-10(12)7-14(20)17(16)18(21)22-15/h2-8,16H,20-21H2,1H3/t16-/m0/s1. The minimum absolute atomic E-state index is 0.0150. The molecule has 22 heavy (non-hydrogen) atoms. The molecule has 1 atom stereocenters. The molecular formula is C18H15BrN2O. The SMILES string of the molecule is Cc1ccc2c(c1)[C@H]1C(=C(N)O2)C(N)=Cc2ccc(Br)cc21. The summed E-state index contributed by atoms with van der Waals surface area (Å²) in [6, 6.07) is 12.4. The highest BCUT2D eigenvalue weighted by Gasteiger charge is 2.35. The molecule has 1 aliphatic carbocycles. The molecule has 0 spiro atoms. The van der Waals surface area contributed by atoms with E-state index in [-0.39, 0.29) is 5.92 Å². The molecule has 1 heterocycles. The number of rotatable bonds is 0. The molecule has 0 unspecified atom stereocenters. The van der Waals surface area contributed by atoms with E-state index in [0.717, 1.165) is 26.9 Å². The van der Waals surface area contributed by atoms with Crippen LogP contribution in [0.25, 0.3) is 6.08 Å². The summed E-state index contributed by atoms with van der Waals surface area (Å²) in [5.41, 5.74) is 18.6. The molecule has 1 aliphatic heterocycles. The van der Waals surface area contributed by atoms with Crippen molar-refractivity contribution < 1.29 is 4.74 Å². The highest BCUT2D eigenvalue weighted by atomic mass is 79.9. The van der Waals surface area contributed by atoms with E-state index in [1.807, 2.05) is 24.3 Å². The third-order valence-electron chi connectivity index (χ3n) is 4.23. The van der Waals surface area contributed by atoms with Gasteiger partial charge < -0.3 is 16.2 Å². The van der Waals surface area contributed by atoms with Crippen LogP contribution in [0.1, 0.15) is 28.2 Å². The Morgan fingerprint density at radius 3 is 2.68 bits per heavy atom. The fraction of sp³-hybridized carbons (Fsp3) is 0.111. The molecule has 3 nitrogen and oxygen atoms in total. The van der Waals surface area contributed by atoms with Gasteiger partial charge in [0.2, 0.25) is 0 Å². The number of hydrogen-bond acceptors (Lipinski definition) is 3. The maximum absolute atomic E-state index is 6.26. The fourth-order valence-electron chi connectivity index (χ4n) is 3.26. The number of fused-ring (bicyclic) bond motifs is 5. The van der Waals surface area contributed by atoms with E-state index in [4.69, 9.17) is 16.2 Å². The Morgan fingerprint density at radius 1 is 1.05 bits per heavy atom. The van der Waals surface area contributed by atoms with Gasteiger partial charge in [0.05, 0.1) is 0 Å². The summed E-state index contributed by atoms with van der Waals surface area (Å²) in [5.74, 6) is 1.21. The highest BCUT2D eigenvalue weighted by Crippen LogP contribution is 2.48. The van der Waals surface area contributed by atoms with Crippen molar-refractivity contribution in [2.75, 3.05) is 0 Å². The molecule has 0 radical (unpaired) electrons. The van der Waals surface area contributed by atoms with Gasteiger partial charge >= 0.3 is 0 Å². The van der Waals surface area contributed by atoms with Crippen LogP contribution in [0.15, 0.2) is 58.0 Å². The van der Waals surface area contributed by atoms with Gasteiger partial charge in [-0.25, -0.2) is 0 Å². The average Bonchev–Trinajstić information content (AvgIpc) is 2.48. The van der Waals surface area contributed by atoms with Crippen molar-refractivity contribution in [3.63, 3.8) is 0 Å². The molecule has 0 amide bonds. The first-order chi connectivity index (χ1) is 10.5. The number of halogens is 1. The largest absolute Gasteiger partial charge is 0.441 e. The molecule has 0 fully saturated rings. The minimum atomic E-state index is 0.0150. The van der Waals surface area contributed by atoms with Gasteiger partial charge in [0, 0.05) is 27.2 Å². The lowest BCUT2D eigenvalue weighted by molar-refractivity contribution is 0.391. The summed E-state index contributed by atoms with van der Waals surface area (Å²) < 4.78 is 6.84. The van der Waals surface area contributed by atoms with Crippen molar-refractivity contribution in [3.05, 3.63) is 80.3 Å². The van der Waals surface area contributed by atoms with Crippen LogP contribution in [0.3, 0.4) is 0 Å². The van der Waals surface area contributed by atoms with Gasteiger partial charge in [0.1, 0.15) is 5.75 Å². The number of hydrogen-bond donors (Lipinski definition) is 2. The van der Waals surface area contributed by atoms with E-state index in [1.165, 1.54) is 11.1 Å². The number of ether oxygens (including phenoxy) is 1. The first-order valence-electron chi connectivity index (χ1n) is 7.09. The zero-order valence-corrected chi connectivity index (χ0v) is 13.6. The molecule has 110 valence electrons. The molecular weight excluding hydrogens is 340 g/mol. The molecule has 0 aromatic heterocycles. The quantitative estimate of drug-likeness (QED) is 0.756. The van der Waals surface area contributed by atoms with Crippen LogP contribution in [-0.4, -0.2) is 0 Å². The van der Waals surface area contributed by atoms with Crippen molar-refractivity contribution >= 4 is 22.0 Å². The van der Waals surface area contributed by atoms with E-state index >= 15 is 0 Å². The second-order valence-corrected chi connectivity index (χ2v) is 6.64. The summed E-state index contributed by atoms with van der Waals surface area (Å²) in [7, 11) is 0. The number of benzene rings is 2. The maximum Gasteiger partial charge on any atom is 0.197 e. The fourth-order valence-corrected chi connectivity index (χ4v) is 3.64. The second kappa shape index (κ2) is 4.65. The summed E-state index contributed by atoms with van der Waals surface area (Å²) >= 11 is 3.56. The van der Waals surface area contributed by atoms with Crippen LogP contribution in [0.4, 0.5) is 0 Å². The van der Waals surface area contributed by atoms with E-state index in [0.29, 0.717) is 11.6 Å². The van der Waals surface area contributed by atoms with E-state index in [1.54, 1.807) is 0 Å². The van der Waals surface area contributed by atoms with Crippen LogP contribution < -0.4 is 16.2 Å². The molecule has 0 saturated heterocycles. The molecule has 2 aromatic carbocycles. The smallest absolute Gasteiger partial charge is 0.197 e. The lowest BCUT2D eigenvalue weighted by Crippen LogP contribution is -2.27. The Hall–Kier alpha value is -2.20. The lowest BCUT2D eigenvalue weighted by Gasteiger charge is -2.33. The molecule has 0 bridgehead atoms. The van der Waals surface area contributed by atoms with E-state index in [2.05, 4.69) is 41.1 Å². The zero-order valence-electron chi connectivity index (χ0n) is 12.1. The Bertz CT molecular complexity index is 867. The van der Waals surface area contributed by atoms with Crippen LogP contribution in [0, 0.1) is 6.92 Å². The van der Waals surface area contributed by atoms with Crippen molar-refractivity contribution in [1.29, 1.82) is 0 Å². The topological polar surface area (TPSA) is 61.3 Å². The van der Waals surface area contributed by atoms with Gasteiger partial charge in [-0.1, -0.05) is 39.7 Å². The zero-order chi connectivity index (χ0) is 15.4. The molecule has 2 aromatic rings. The molecule has 4 N–H and O–H groups in total. The summed E-state index contributed by atoms with van der Waals surface area (Å²) in [4.78, 5) is 0. The van der Waals surface area contributed by atoms with Crippen molar-refractivity contribution in [2.24, 2.45) is 11.5 Å². The van der Waals surface area contributed by atoms with Gasteiger partial charge in [-0.2, -0.15) is 0 Å². The Balaban J connectivity index is 2.05. The monoisotopic (exact) mass is 354 g/mol. The maximum atomic E-state index is 6.26. The molecule has 4 heteroatoms. The van der Waals surface area contributed by atoms with Crippen molar-refractivity contribution in [1.82, 2.24) is 0 Å². The van der Waals surface area contributed by atoms with Crippen LogP contribution in [-0.2, 0) is 0 Å². The minimum Gasteiger partial charge on any atom is -0.441 e. The van der Waals surface area contributed by atoms with Crippen LogP contribution in [0.5, 0.6) is 5.75 Å². The van der Waals surface area contributed by atoms with E-state index < -0.39 is 0 Å². The third-order valence-corrected chi connectivity index (χ3v) is 4.73. The van der Waals surface area contributed by atoms with Crippen molar-refractivity contribution in [2.45, 2.75) is 12.8 Å². The highest BCUT2D eigenvalue weighted by molar-refractivity contribution is 9.10. The van der Waals surface area contributed by atoms with Gasteiger partial charge in [-0.15, -0.1) is 0 Å². The Labute approximate surface area is 137 Å². The Morgan fingerprint density at radius 2 is 1.86 bits per heavy atom. The first kappa shape index (κ1) is 13.5. The number of nitrogens with two attached hydrogens (primary N) is 2. The summed E-state index contributed by atoms with van der Waals surface area (Å²) in [6.07, 6.45) is 1.96. The van der Waals surface area contributed by atoms with Crippen molar-refractivity contribution in [3.8, 4) is 5.75 Å². The predicted octanol–water partition coefficient (Wildman–Crippen LogP) is 3.77. The summed E-state index contributed by atoms with van der Waals surface area (Å²) in [5, 5.41) is 0. The van der Waals surface area contributed by atoms with Gasteiger partial charge in [0.15, 0.2) is 5.88 Å². The lowest BCUT2D eigenvalue weighted by atomic mass is 9.76. The average molecular weight is 355 g/mol. The number of allylic oxidation sites excluding steroid dienone is 1. The Kier molecular flexibility index (Phi) is 2.84. The summed E-state index contributed by atoms with van der Waals surface area (Å²) in [6.45, 7) is 2.07. The second-order valence-electron chi connectivity index (χ2n) is 5.73. The van der Waals surface area contributed by atoms with Crippen LogP contribution in [0.2, 0.25) is 0 Å². The first-order valence-corrected chi connectivity index (χ1v) is 7.89.